The van der Waals surface area contributed by atoms with Gasteiger partial charge in [0.25, 0.3) is 0 Å². The molecule has 0 aliphatic carbocycles. The monoisotopic (exact) mass is 1420 g/mol. The Kier molecular flexibility index (Phi) is 68.0. The Morgan fingerprint density at radius 3 is 0.949 bits per heavy atom. The van der Waals surface area contributed by atoms with Crippen LogP contribution in [0.2, 0.25) is 0 Å². The van der Waals surface area contributed by atoms with Crippen LogP contribution in [0.15, 0.2) is 109 Å². The summed E-state index contributed by atoms with van der Waals surface area (Å²) in [6.07, 6.45) is 75.4. The number of carbonyl (C=O) groups is 4. The Bertz CT molecular complexity index is 2290. The first-order valence-electron chi connectivity index (χ1n) is 38.1. The fraction of sp³-hybridized carbons (Fsp3) is 0.722. The van der Waals surface area contributed by atoms with E-state index in [9.17, 15) is 43.2 Å². The molecule has 0 radical (unpaired) electrons. The van der Waals surface area contributed by atoms with Crippen LogP contribution in [0.4, 0.5) is 0 Å². The molecule has 19 heteroatoms. The smallest absolute Gasteiger partial charge is 0.462 e. The van der Waals surface area contributed by atoms with Gasteiger partial charge in [-0.1, -0.05) is 259 Å². The average molecular weight is 1420 g/mol. The second kappa shape index (κ2) is 71.1. The molecule has 0 aromatic rings. The lowest BCUT2D eigenvalue weighted by Crippen LogP contribution is -2.30. The molecule has 0 amide bonds. The minimum absolute atomic E-state index is 0.0581. The van der Waals surface area contributed by atoms with Crippen LogP contribution >= 0.6 is 15.6 Å². The van der Waals surface area contributed by atoms with Gasteiger partial charge >= 0.3 is 39.5 Å². The lowest BCUT2D eigenvalue weighted by Gasteiger charge is -2.21. The number of unbranched alkanes of at least 4 members (excludes halogenated alkanes) is 28. The second-order valence-electron chi connectivity index (χ2n) is 25.2. The zero-order valence-electron chi connectivity index (χ0n) is 61.4. The van der Waals surface area contributed by atoms with Crippen LogP contribution in [-0.2, 0) is 65.4 Å². The van der Waals surface area contributed by atoms with Crippen molar-refractivity contribution in [2.45, 2.75) is 329 Å². The second-order valence-corrected chi connectivity index (χ2v) is 28.1. The summed E-state index contributed by atoms with van der Waals surface area (Å²) in [5.74, 6) is -2.35. The van der Waals surface area contributed by atoms with E-state index in [1.54, 1.807) is 6.08 Å². The highest BCUT2D eigenvalue weighted by molar-refractivity contribution is 7.47. The van der Waals surface area contributed by atoms with Crippen molar-refractivity contribution in [2.75, 3.05) is 39.6 Å². The lowest BCUT2D eigenvalue weighted by molar-refractivity contribution is -0.161. The van der Waals surface area contributed by atoms with Crippen LogP contribution in [0.25, 0.3) is 0 Å². The predicted octanol–water partition coefficient (Wildman–Crippen LogP) is 21.8. The summed E-state index contributed by atoms with van der Waals surface area (Å²) in [5.41, 5.74) is 0. The molecule has 0 aliphatic rings. The molecule has 3 N–H and O–H groups in total. The summed E-state index contributed by atoms with van der Waals surface area (Å²) in [6, 6.07) is 0. The first-order chi connectivity index (χ1) is 47.7. The molecule has 0 saturated heterocycles. The van der Waals surface area contributed by atoms with Gasteiger partial charge in [0.05, 0.1) is 32.8 Å². The molecule has 0 spiro atoms. The van der Waals surface area contributed by atoms with Crippen molar-refractivity contribution in [1.82, 2.24) is 0 Å². The van der Waals surface area contributed by atoms with Gasteiger partial charge in [-0.15, -0.1) is 0 Å². The maximum atomic E-state index is 13.1. The van der Waals surface area contributed by atoms with Gasteiger partial charge in [0, 0.05) is 19.3 Å². The highest BCUT2D eigenvalue weighted by atomic mass is 31.2. The first kappa shape index (κ1) is 93.7. The standard InChI is InChI=1S/C79H136O17P2/c1-5-9-13-17-21-25-29-33-36-40-43-47-51-55-59-63-76(81)89-69-74(95-78(83)65-61-57-53-49-45-39-32-28-24-20-16-12-8-4)71-93-97(85,86)91-67-73(80)68-92-98(87,88)94-72-75(96-79(84)66-62-58-54-50-46-42-38-35-31-27-23-19-15-11-7-3)70-90-77(82)64-60-56-52-48-44-41-37-34-30-26-22-18-14-10-6-2/h10,14,22-23,26-28,32-38,44,48,56,60,73-75,80H,5-9,11-13,15-21,24-25,29-31,39-43,45-47,49-55,57-59,61-72H2,1-4H3,(H,85,86)(H,87,88)/b14-10-,26-22-,27-23-,32-28-,36-33-,37-34-,38-35-,48-44-,60-56-. The zero-order chi connectivity index (χ0) is 71.8. The van der Waals surface area contributed by atoms with Crippen LogP contribution in [0.1, 0.15) is 310 Å². The molecule has 5 unspecified atom stereocenters. The Morgan fingerprint density at radius 1 is 0.306 bits per heavy atom. The average Bonchev–Trinajstić information content (AvgIpc) is 1.04. The topological polar surface area (TPSA) is 237 Å². The highest BCUT2D eigenvalue weighted by Gasteiger charge is 2.30. The largest absolute Gasteiger partial charge is 0.472 e. The van der Waals surface area contributed by atoms with Crippen molar-refractivity contribution in [2.24, 2.45) is 0 Å². The number of rotatable bonds is 71. The van der Waals surface area contributed by atoms with Gasteiger partial charge in [0.1, 0.15) is 19.3 Å². The molecular weight excluding hydrogens is 1280 g/mol. The molecule has 0 heterocycles. The van der Waals surface area contributed by atoms with Crippen molar-refractivity contribution >= 4 is 39.5 Å². The van der Waals surface area contributed by atoms with Crippen LogP contribution in [0, 0.1) is 0 Å². The minimum atomic E-state index is -5.00. The molecule has 0 rings (SSSR count). The van der Waals surface area contributed by atoms with Crippen molar-refractivity contribution in [3.63, 3.8) is 0 Å². The zero-order valence-corrected chi connectivity index (χ0v) is 63.2. The van der Waals surface area contributed by atoms with E-state index >= 15 is 0 Å². The van der Waals surface area contributed by atoms with E-state index in [0.29, 0.717) is 25.7 Å². The first-order valence-corrected chi connectivity index (χ1v) is 41.1. The Morgan fingerprint density at radius 2 is 0.571 bits per heavy atom. The number of hydrogen-bond donors (Lipinski definition) is 3. The molecule has 17 nitrogen and oxygen atoms in total. The minimum Gasteiger partial charge on any atom is -0.462 e. The molecule has 0 bridgehead atoms. The lowest BCUT2D eigenvalue weighted by atomic mass is 10.1. The Hall–Kier alpha value is -4.28. The number of ether oxygens (including phenoxy) is 4. The fourth-order valence-electron chi connectivity index (χ4n) is 9.90. The third kappa shape index (κ3) is 70.2. The number of hydrogen-bond acceptors (Lipinski definition) is 15. The van der Waals surface area contributed by atoms with Crippen molar-refractivity contribution in [1.29, 1.82) is 0 Å². The molecule has 98 heavy (non-hydrogen) atoms. The summed E-state index contributed by atoms with van der Waals surface area (Å²) in [7, 11) is -9.98. The van der Waals surface area contributed by atoms with Gasteiger partial charge in [0.2, 0.25) is 0 Å². The van der Waals surface area contributed by atoms with E-state index in [1.165, 1.54) is 83.5 Å². The third-order valence-electron chi connectivity index (χ3n) is 15.7. The van der Waals surface area contributed by atoms with Crippen LogP contribution in [-0.4, -0.2) is 96.7 Å². The van der Waals surface area contributed by atoms with E-state index in [2.05, 4.69) is 113 Å². The van der Waals surface area contributed by atoms with Gasteiger partial charge in [0.15, 0.2) is 12.2 Å². The number of carbonyl (C=O) groups excluding carboxylic acids is 4. The fourth-order valence-corrected chi connectivity index (χ4v) is 11.5. The molecule has 0 aromatic heterocycles. The van der Waals surface area contributed by atoms with E-state index < -0.39 is 97.5 Å². The molecule has 0 fully saturated rings. The molecule has 0 saturated carbocycles. The van der Waals surface area contributed by atoms with E-state index in [4.69, 9.17) is 37.0 Å². The SMILES string of the molecule is CC/C=C\C/C=C\C/C=C\C/C=C\C/C=C\CC(=O)OCC(COP(=O)(O)OCC(O)COP(=O)(O)OCC(COC(=O)CCCCCCC/C=C\CCCCCCCC)OC(=O)CCCCCCC/C=C\CCCCCC)OC(=O)CCCCCCC/C=C\C/C=C\CCCCC. The quantitative estimate of drug-likeness (QED) is 0.0169. The van der Waals surface area contributed by atoms with Gasteiger partial charge in [-0.3, -0.25) is 37.3 Å². The number of esters is 4. The van der Waals surface area contributed by atoms with Crippen LogP contribution < -0.4 is 0 Å². The molecule has 5 atom stereocenters. The number of phosphoric acid groups is 2. The summed E-state index contributed by atoms with van der Waals surface area (Å²) in [6.45, 7) is 4.57. The van der Waals surface area contributed by atoms with Crippen LogP contribution in [0.5, 0.6) is 0 Å². The van der Waals surface area contributed by atoms with E-state index in [0.717, 1.165) is 148 Å². The molecule has 0 aromatic carbocycles. The molecular formula is C79H136O17P2. The number of aliphatic hydroxyl groups is 1. The van der Waals surface area contributed by atoms with Gasteiger partial charge in [-0.05, 0) is 135 Å². The van der Waals surface area contributed by atoms with Crippen molar-refractivity contribution in [3.05, 3.63) is 109 Å². The number of aliphatic hydroxyl groups excluding tert-OH is 1. The van der Waals surface area contributed by atoms with Crippen LogP contribution in [0.3, 0.4) is 0 Å². The Labute approximate surface area is 594 Å². The summed E-state index contributed by atoms with van der Waals surface area (Å²) in [4.78, 5) is 72.8. The summed E-state index contributed by atoms with van der Waals surface area (Å²) in [5, 5.41) is 10.6. The van der Waals surface area contributed by atoms with E-state index in [1.807, 2.05) is 18.2 Å². The predicted molar refractivity (Wildman–Crippen MR) is 399 cm³/mol. The number of allylic oxidation sites excluding steroid dienone is 17. The maximum Gasteiger partial charge on any atom is 0.472 e. The van der Waals surface area contributed by atoms with Gasteiger partial charge in [-0.2, -0.15) is 0 Å². The van der Waals surface area contributed by atoms with Gasteiger partial charge < -0.3 is 33.8 Å². The highest BCUT2D eigenvalue weighted by Crippen LogP contribution is 2.45. The number of phosphoric ester groups is 2. The molecule has 0 aliphatic heterocycles. The van der Waals surface area contributed by atoms with E-state index in [-0.39, 0.29) is 25.7 Å². The van der Waals surface area contributed by atoms with Crippen molar-refractivity contribution < 1.29 is 80.2 Å². The third-order valence-corrected chi connectivity index (χ3v) is 17.6. The normalized spacial score (nSPS) is 14.6. The maximum absolute atomic E-state index is 13.1. The van der Waals surface area contributed by atoms with Gasteiger partial charge in [-0.25, -0.2) is 9.13 Å². The Balaban J connectivity index is 5.43. The van der Waals surface area contributed by atoms with Crippen molar-refractivity contribution in [3.8, 4) is 0 Å². The summed E-state index contributed by atoms with van der Waals surface area (Å²) < 4.78 is 68.3. The molecule has 564 valence electrons. The summed E-state index contributed by atoms with van der Waals surface area (Å²) >= 11 is 0.